The van der Waals surface area contributed by atoms with Crippen LogP contribution in [0.3, 0.4) is 0 Å². The van der Waals surface area contributed by atoms with Gasteiger partial charge in [-0.05, 0) is 18.1 Å². The summed E-state index contributed by atoms with van der Waals surface area (Å²) in [6.07, 6.45) is 1.34. The second kappa shape index (κ2) is 13.0. The van der Waals surface area contributed by atoms with Gasteiger partial charge in [0.05, 0.1) is 12.5 Å². The SMILES string of the molecule is NC(=O)CC(NC(=O)C(N)Cc1c[nH]c2ccccc12)C(=O)NC(CS)C(=O)NC(CS)C(=O)O. The molecule has 4 amide bonds. The molecule has 0 bridgehead atoms. The smallest absolute Gasteiger partial charge is 0.327 e. The van der Waals surface area contributed by atoms with Gasteiger partial charge in [-0.25, -0.2) is 4.79 Å². The summed E-state index contributed by atoms with van der Waals surface area (Å²) in [6.45, 7) is 0. The molecule has 0 aliphatic rings. The fourth-order valence-electron chi connectivity index (χ4n) is 3.24. The number of rotatable bonds is 13. The van der Waals surface area contributed by atoms with E-state index in [9.17, 15) is 24.0 Å². The number of benzene rings is 1. The van der Waals surface area contributed by atoms with E-state index in [1.165, 1.54) is 0 Å². The first-order valence-electron chi connectivity index (χ1n) is 10.5. The Labute approximate surface area is 211 Å². The molecule has 35 heavy (non-hydrogen) atoms. The molecule has 4 atom stereocenters. The van der Waals surface area contributed by atoms with E-state index in [4.69, 9.17) is 16.6 Å². The third-order valence-corrected chi connectivity index (χ3v) is 5.83. The van der Waals surface area contributed by atoms with Crippen molar-refractivity contribution in [2.75, 3.05) is 11.5 Å². The predicted octanol–water partition coefficient (Wildman–Crippen LogP) is -1.69. The van der Waals surface area contributed by atoms with Gasteiger partial charge in [0.1, 0.15) is 18.1 Å². The minimum absolute atomic E-state index is 0.155. The fraction of sp³-hybridized carbons (Fsp3) is 0.381. The van der Waals surface area contributed by atoms with Crippen molar-refractivity contribution in [1.82, 2.24) is 20.9 Å². The summed E-state index contributed by atoms with van der Waals surface area (Å²) in [7, 11) is 0. The van der Waals surface area contributed by atoms with Crippen LogP contribution in [-0.4, -0.2) is 75.4 Å². The standard InChI is InChI=1S/C21H28N6O6S2/c22-12(5-10-7-24-13-4-2-1-3-11(10)13)18(29)25-14(6-17(23)28)19(30)26-15(8-34)20(31)27-16(9-35)21(32)33/h1-4,7,12,14-16,24,34-35H,5-6,8-9,22H2,(H2,23,28)(H,25,29)(H,26,30)(H,27,31)(H,32,33). The number of thiol groups is 2. The van der Waals surface area contributed by atoms with Crippen molar-refractivity contribution in [3.05, 3.63) is 36.0 Å². The molecule has 2 aromatic rings. The van der Waals surface area contributed by atoms with Gasteiger partial charge in [-0.1, -0.05) is 18.2 Å². The number of carbonyl (C=O) groups excluding carboxylic acids is 4. The number of hydrogen-bond donors (Lipinski definition) is 9. The number of amides is 4. The summed E-state index contributed by atoms with van der Waals surface area (Å²) in [5.41, 5.74) is 12.9. The lowest BCUT2D eigenvalue weighted by molar-refractivity contribution is -0.141. The molecular formula is C21H28N6O6S2. The number of para-hydroxylation sites is 1. The molecular weight excluding hydrogens is 496 g/mol. The lowest BCUT2D eigenvalue weighted by atomic mass is 10.0. The van der Waals surface area contributed by atoms with Crippen molar-refractivity contribution in [3.63, 3.8) is 0 Å². The van der Waals surface area contributed by atoms with Crippen molar-refractivity contribution in [1.29, 1.82) is 0 Å². The average Bonchev–Trinajstić information content (AvgIpc) is 3.22. The monoisotopic (exact) mass is 524 g/mol. The topological polar surface area (TPSA) is 209 Å². The van der Waals surface area contributed by atoms with Crippen molar-refractivity contribution in [3.8, 4) is 0 Å². The van der Waals surface area contributed by atoms with Gasteiger partial charge in [0.2, 0.25) is 23.6 Å². The van der Waals surface area contributed by atoms with E-state index in [1.54, 1.807) is 6.20 Å². The highest BCUT2D eigenvalue weighted by Gasteiger charge is 2.30. The number of carboxylic acids is 1. The molecule has 0 fully saturated rings. The summed E-state index contributed by atoms with van der Waals surface area (Å²) < 4.78 is 0. The van der Waals surface area contributed by atoms with Crippen LogP contribution in [0.1, 0.15) is 12.0 Å². The van der Waals surface area contributed by atoms with Gasteiger partial charge in [0.15, 0.2) is 0 Å². The number of nitrogens with two attached hydrogens (primary N) is 2. The van der Waals surface area contributed by atoms with E-state index in [0.29, 0.717) is 0 Å². The number of nitrogens with one attached hydrogen (secondary N) is 4. The Balaban J connectivity index is 2.06. The van der Waals surface area contributed by atoms with Crippen LogP contribution in [0.15, 0.2) is 30.5 Å². The second-order valence-electron chi connectivity index (χ2n) is 7.73. The first kappa shape index (κ1) is 28.0. The Bertz CT molecular complexity index is 1090. The molecule has 14 heteroatoms. The van der Waals surface area contributed by atoms with E-state index < -0.39 is 60.2 Å². The first-order chi connectivity index (χ1) is 16.6. The number of carboxylic acid groups (broad SMARTS) is 1. The van der Waals surface area contributed by atoms with Crippen LogP contribution >= 0.6 is 25.3 Å². The second-order valence-corrected chi connectivity index (χ2v) is 8.46. The average molecular weight is 525 g/mol. The van der Waals surface area contributed by atoms with Crippen LogP contribution in [0.2, 0.25) is 0 Å². The number of carbonyl (C=O) groups is 5. The largest absolute Gasteiger partial charge is 0.480 e. The van der Waals surface area contributed by atoms with Gasteiger partial charge in [-0.2, -0.15) is 25.3 Å². The molecule has 2 rings (SSSR count). The number of hydrogen-bond acceptors (Lipinski definition) is 8. The first-order valence-corrected chi connectivity index (χ1v) is 11.8. The Morgan fingerprint density at radius 3 is 2.09 bits per heavy atom. The van der Waals surface area contributed by atoms with Crippen LogP contribution in [-0.2, 0) is 30.4 Å². The lowest BCUT2D eigenvalue weighted by Gasteiger charge is -2.23. The molecule has 0 saturated carbocycles. The normalized spacial score (nSPS) is 14.4. The molecule has 1 heterocycles. The summed E-state index contributed by atoms with van der Waals surface area (Å²) in [5.74, 6) is -4.95. The summed E-state index contributed by atoms with van der Waals surface area (Å²) in [4.78, 5) is 63.5. The van der Waals surface area contributed by atoms with Gasteiger partial charge in [0.25, 0.3) is 0 Å². The maximum atomic E-state index is 12.8. The Morgan fingerprint density at radius 1 is 0.914 bits per heavy atom. The van der Waals surface area contributed by atoms with Crippen LogP contribution in [0.25, 0.3) is 10.9 Å². The molecule has 0 aliphatic carbocycles. The van der Waals surface area contributed by atoms with Crippen LogP contribution in [0, 0.1) is 0 Å². The molecule has 12 nitrogen and oxygen atoms in total. The zero-order valence-electron chi connectivity index (χ0n) is 18.6. The summed E-state index contributed by atoms with van der Waals surface area (Å²) >= 11 is 7.87. The highest BCUT2D eigenvalue weighted by atomic mass is 32.1. The van der Waals surface area contributed by atoms with Crippen LogP contribution < -0.4 is 27.4 Å². The highest BCUT2D eigenvalue weighted by molar-refractivity contribution is 7.80. The van der Waals surface area contributed by atoms with Gasteiger partial charge >= 0.3 is 5.97 Å². The van der Waals surface area contributed by atoms with E-state index in [1.807, 2.05) is 24.3 Å². The molecule has 1 aromatic carbocycles. The maximum absolute atomic E-state index is 12.8. The number of aliphatic carboxylic acids is 1. The van der Waals surface area contributed by atoms with E-state index >= 15 is 0 Å². The van der Waals surface area contributed by atoms with E-state index in [-0.39, 0.29) is 17.9 Å². The maximum Gasteiger partial charge on any atom is 0.327 e. The number of primary amides is 1. The number of aromatic nitrogens is 1. The van der Waals surface area contributed by atoms with Gasteiger partial charge in [-0.3, -0.25) is 19.2 Å². The minimum Gasteiger partial charge on any atom is -0.480 e. The Morgan fingerprint density at radius 2 is 1.49 bits per heavy atom. The number of fused-ring (bicyclic) bond motifs is 1. The van der Waals surface area contributed by atoms with Gasteiger partial charge in [0, 0.05) is 28.6 Å². The quantitative estimate of drug-likeness (QED) is 0.139. The summed E-state index contributed by atoms with van der Waals surface area (Å²) in [6, 6.07) is 2.47. The third kappa shape index (κ3) is 7.90. The van der Waals surface area contributed by atoms with E-state index in [0.717, 1.165) is 16.5 Å². The molecule has 9 N–H and O–H groups in total. The minimum atomic E-state index is -1.41. The van der Waals surface area contributed by atoms with Crippen LogP contribution in [0.4, 0.5) is 0 Å². The predicted molar refractivity (Wildman–Crippen MR) is 135 cm³/mol. The van der Waals surface area contributed by atoms with Crippen LogP contribution in [0.5, 0.6) is 0 Å². The fourth-order valence-corrected chi connectivity index (χ4v) is 3.75. The van der Waals surface area contributed by atoms with Crippen molar-refractivity contribution in [2.45, 2.75) is 37.0 Å². The lowest BCUT2D eigenvalue weighted by Crippen LogP contribution is -2.58. The zero-order chi connectivity index (χ0) is 26.1. The molecule has 4 unspecified atom stereocenters. The molecule has 0 radical (unpaired) electrons. The Hall–Kier alpha value is -3.23. The van der Waals surface area contributed by atoms with Gasteiger partial charge in [-0.15, -0.1) is 0 Å². The van der Waals surface area contributed by atoms with Crippen molar-refractivity contribution < 1.29 is 29.1 Å². The molecule has 0 saturated heterocycles. The molecule has 0 aliphatic heterocycles. The summed E-state index contributed by atoms with van der Waals surface area (Å²) in [5, 5.41) is 16.9. The van der Waals surface area contributed by atoms with Crippen molar-refractivity contribution in [2.24, 2.45) is 11.5 Å². The van der Waals surface area contributed by atoms with E-state index in [2.05, 4.69) is 46.2 Å². The third-order valence-electron chi connectivity index (χ3n) is 5.10. The molecule has 190 valence electrons. The van der Waals surface area contributed by atoms with Gasteiger partial charge < -0.3 is 37.5 Å². The zero-order valence-corrected chi connectivity index (χ0v) is 20.4. The number of aromatic amines is 1. The molecule has 1 aromatic heterocycles. The molecule has 0 spiro atoms. The Kier molecular flexibility index (Phi) is 10.4. The highest BCUT2D eigenvalue weighted by Crippen LogP contribution is 2.18. The number of H-pyrrole nitrogens is 1. The van der Waals surface area contributed by atoms with Crippen molar-refractivity contribution >= 4 is 65.8 Å².